The van der Waals surface area contributed by atoms with Crippen LogP contribution in [0.25, 0.3) is 0 Å². The highest BCUT2D eigenvalue weighted by Crippen LogP contribution is 2.08. The average Bonchev–Trinajstić information content (AvgIpc) is 2.08. The molecule has 0 aromatic rings. The fourth-order valence-electron chi connectivity index (χ4n) is 0.932. The first kappa shape index (κ1) is 13.3. The average molecular weight is 219 g/mol. The Balaban J connectivity index is 2.99. The first-order valence-corrected chi connectivity index (χ1v) is 5.86. The number of carboxylic acid groups (broad SMARTS) is 1. The minimum absolute atomic E-state index is 0.256. The largest absolute Gasteiger partial charge is 0.481 e. The molecule has 0 heterocycles. The number of rotatable bonds is 9. The lowest BCUT2D eigenvalue weighted by Crippen LogP contribution is -2.11. The molecule has 0 aromatic carbocycles. The lowest BCUT2D eigenvalue weighted by Gasteiger charge is -1.99. The summed E-state index contributed by atoms with van der Waals surface area (Å²) < 4.78 is 0. The van der Waals surface area contributed by atoms with Crippen molar-refractivity contribution in [1.82, 2.24) is 0 Å². The van der Waals surface area contributed by atoms with Crippen LogP contribution < -0.4 is 5.73 Å². The number of carboxylic acids is 1. The van der Waals surface area contributed by atoms with E-state index in [0.717, 1.165) is 30.8 Å². The van der Waals surface area contributed by atoms with Crippen molar-refractivity contribution in [3.63, 3.8) is 0 Å². The lowest BCUT2D eigenvalue weighted by molar-refractivity contribution is -0.137. The molecule has 1 amide bonds. The highest BCUT2D eigenvalue weighted by Gasteiger charge is 1.97. The topological polar surface area (TPSA) is 80.4 Å². The van der Waals surface area contributed by atoms with Crippen molar-refractivity contribution in [3.8, 4) is 0 Å². The Morgan fingerprint density at radius 1 is 1.07 bits per heavy atom. The summed E-state index contributed by atoms with van der Waals surface area (Å²) in [5, 5.41) is 8.36. The zero-order valence-electron chi connectivity index (χ0n) is 8.20. The molecular formula is C9H17NO3S. The summed E-state index contributed by atoms with van der Waals surface area (Å²) in [6.07, 6.45) is 3.38. The van der Waals surface area contributed by atoms with E-state index in [1.807, 2.05) is 0 Å². The monoisotopic (exact) mass is 219 g/mol. The highest BCUT2D eigenvalue weighted by molar-refractivity contribution is 7.99. The van der Waals surface area contributed by atoms with Crippen molar-refractivity contribution in [1.29, 1.82) is 0 Å². The summed E-state index contributed by atoms with van der Waals surface area (Å²) in [4.78, 5) is 20.5. The van der Waals surface area contributed by atoms with Crippen molar-refractivity contribution in [3.05, 3.63) is 0 Å². The summed E-state index contributed by atoms with van der Waals surface area (Å²) in [5.41, 5.74) is 4.97. The number of hydrogen-bond acceptors (Lipinski definition) is 3. The molecule has 0 rings (SSSR count). The number of carbonyl (C=O) groups excluding carboxylic acids is 1. The van der Waals surface area contributed by atoms with Gasteiger partial charge in [0.2, 0.25) is 5.91 Å². The fourth-order valence-corrected chi connectivity index (χ4v) is 1.89. The number of carbonyl (C=O) groups is 2. The molecule has 0 atom stereocenters. The Kier molecular flexibility index (Phi) is 8.42. The van der Waals surface area contributed by atoms with Crippen molar-refractivity contribution >= 4 is 23.6 Å². The van der Waals surface area contributed by atoms with Crippen LogP contribution in [0.2, 0.25) is 0 Å². The van der Waals surface area contributed by atoms with E-state index in [2.05, 4.69) is 0 Å². The molecule has 0 radical (unpaired) electrons. The van der Waals surface area contributed by atoms with Crippen LogP contribution in [0.4, 0.5) is 0 Å². The van der Waals surface area contributed by atoms with Gasteiger partial charge in [0.1, 0.15) is 0 Å². The van der Waals surface area contributed by atoms with Gasteiger partial charge in [-0.2, -0.15) is 11.8 Å². The van der Waals surface area contributed by atoms with Gasteiger partial charge in [-0.05, 0) is 18.6 Å². The predicted molar refractivity (Wildman–Crippen MR) is 57.2 cm³/mol. The Bertz CT molecular complexity index is 165. The van der Waals surface area contributed by atoms with E-state index in [1.165, 1.54) is 0 Å². The molecule has 82 valence electrons. The Hall–Kier alpha value is -0.710. The highest BCUT2D eigenvalue weighted by atomic mass is 32.2. The van der Waals surface area contributed by atoms with Crippen LogP contribution in [0.1, 0.15) is 32.1 Å². The Morgan fingerprint density at radius 2 is 1.79 bits per heavy atom. The van der Waals surface area contributed by atoms with E-state index < -0.39 is 5.97 Å². The minimum atomic E-state index is -0.730. The van der Waals surface area contributed by atoms with Gasteiger partial charge in [0.05, 0.1) is 0 Å². The Labute approximate surface area is 88.2 Å². The molecule has 0 saturated heterocycles. The van der Waals surface area contributed by atoms with Gasteiger partial charge < -0.3 is 10.8 Å². The van der Waals surface area contributed by atoms with E-state index in [4.69, 9.17) is 10.8 Å². The quantitative estimate of drug-likeness (QED) is 0.572. The van der Waals surface area contributed by atoms with Crippen LogP contribution in [0, 0.1) is 0 Å². The van der Waals surface area contributed by atoms with Gasteiger partial charge in [-0.15, -0.1) is 0 Å². The predicted octanol–water partition coefficient (Wildman–Crippen LogP) is 1.24. The molecule has 0 aliphatic heterocycles. The van der Waals surface area contributed by atoms with Gasteiger partial charge in [-0.3, -0.25) is 9.59 Å². The van der Waals surface area contributed by atoms with Crippen LogP contribution >= 0.6 is 11.8 Å². The summed E-state index contributed by atoms with van der Waals surface area (Å²) in [6, 6.07) is 0. The summed E-state index contributed by atoms with van der Waals surface area (Å²) in [5.74, 6) is 0.760. The van der Waals surface area contributed by atoms with E-state index >= 15 is 0 Å². The molecule has 0 bridgehead atoms. The molecule has 0 aliphatic rings. The lowest BCUT2D eigenvalue weighted by atomic mass is 10.2. The molecule has 0 aliphatic carbocycles. The van der Waals surface area contributed by atoms with E-state index in [1.54, 1.807) is 11.8 Å². The molecule has 0 spiro atoms. The maximum absolute atomic E-state index is 10.4. The second kappa shape index (κ2) is 8.87. The van der Waals surface area contributed by atoms with Crippen LogP contribution in [0.3, 0.4) is 0 Å². The maximum Gasteiger partial charge on any atom is 0.303 e. The number of unbranched alkanes of at least 4 members (excludes halogenated alkanes) is 2. The molecule has 0 fully saturated rings. The van der Waals surface area contributed by atoms with Crippen LogP contribution in [0.15, 0.2) is 0 Å². The number of thioether (sulfide) groups is 1. The van der Waals surface area contributed by atoms with E-state index in [0.29, 0.717) is 6.42 Å². The number of primary amides is 1. The first-order valence-electron chi connectivity index (χ1n) is 4.70. The second-order valence-corrected chi connectivity index (χ2v) is 4.26. The molecular weight excluding hydrogens is 202 g/mol. The van der Waals surface area contributed by atoms with Gasteiger partial charge >= 0.3 is 5.97 Å². The van der Waals surface area contributed by atoms with Crippen molar-refractivity contribution in [2.45, 2.75) is 32.1 Å². The first-order chi connectivity index (χ1) is 6.63. The zero-order chi connectivity index (χ0) is 10.8. The van der Waals surface area contributed by atoms with Crippen molar-refractivity contribution in [2.24, 2.45) is 5.73 Å². The van der Waals surface area contributed by atoms with Gasteiger partial charge in [0.25, 0.3) is 0 Å². The van der Waals surface area contributed by atoms with Gasteiger partial charge in [0.15, 0.2) is 0 Å². The summed E-state index contributed by atoms with van der Waals surface area (Å²) in [7, 11) is 0. The van der Waals surface area contributed by atoms with Gasteiger partial charge in [-0.1, -0.05) is 6.42 Å². The molecule has 0 aromatic heterocycles. The number of amides is 1. The van der Waals surface area contributed by atoms with Crippen molar-refractivity contribution < 1.29 is 14.7 Å². The fraction of sp³-hybridized carbons (Fsp3) is 0.778. The van der Waals surface area contributed by atoms with Gasteiger partial charge in [0, 0.05) is 18.6 Å². The standard InChI is InChI=1S/C9H17NO3S/c10-8(11)5-7-14-6-3-1-2-4-9(12)13/h1-7H2,(H2,10,11)(H,12,13). The molecule has 0 saturated carbocycles. The number of hydrogen-bond donors (Lipinski definition) is 2. The molecule has 3 N–H and O–H groups in total. The third-order valence-electron chi connectivity index (χ3n) is 1.67. The number of aliphatic carboxylic acids is 1. The smallest absolute Gasteiger partial charge is 0.303 e. The SMILES string of the molecule is NC(=O)CCSCCCCCC(=O)O. The normalized spacial score (nSPS) is 10.0. The maximum atomic E-state index is 10.4. The van der Waals surface area contributed by atoms with E-state index in [-0.39, 0.29) is 12.3 Å². The van der Waals surface area contributed by atoms with E-state index in [9.17, 15) is 9.59 Å². The van der Waals surface area contributed by atoms with Crippen LogP contribution in [-0.2, 0) is 9.59 Å². The third kappa shape index (κ3) is 11.3. The van der Waals surface area contributed by atoms with Crippen LogP contribution in [-0.4, -0.2) is 28.5 Å². The molecule has 14 heavy (non-hydrogen) atoms. The van der Waals surface area contributed by atoms with Crippen molar-refractivity contribution in [2.75, 3.05) is 11.5 Å². The third-order valence-corrected chi connectivity index (χ3v) is 2.74. The molecule has 4 nitrogen and oxygen atoms in total. The Morgan fingerprint density at radius 3 is 2.36 bits per heavy atom. The number of nitrogens with two attached hydrogens (primary N) is 1. The van der Waals surface area contributed by atoms with Crippen LogP contribution in [0.5, 0.6) is 0 Å². The van der Waals surface area contributed by atoms with Gasteiger partial charge in [-0.25, -0.2) is 0 Å². The molecule has 5 heteroatoms. The second-order valence-electron chi connectivity index (χ2n) is 3.03. The minimum Gasteiger partial charge on any atom is -0.481 e. The zero-order valence-corrected chi connectivity index (χ0v) is 9.02. The summed E-state index contributed by atoms with van der Waals surface area (Å²) >= 11 is 1.69. The molecule has 0 unspecified atom stereocenters. The summed E-state index contributed by atoms with van der Waals surface area (Å²) in [6.45, 7) is 0.